The van der Waals surface area contributed by atoms with Gasteiger partial charge in [-0.2, -0.15) is 11.8 Å². The molecule has 116 valence electrons. The van der Waals surface area contributed by atoms with Crippen LogP contribution in [0.1, 0.15) is 26.2 Å². The lowest BCUT2D eigenvalue weighted by Gasteiger charge is -2.33. The van der Waals surface area contributed by atoms with Gasteiger partial charge in [-0.3, -0.25) is 0 Å². The van der Waals surface area contributed by atoms with E-state index in [1.165, 1.54) is 0 Å². The summed E-state index contributed by atoms with van der Waals surface area (Å²) in [6.07, 6.45) is 4.25. The predicted octanol–water partition coefficient (Wildman–Crippen LogP) is 1.40. The first kappa shape index (κ1) is 17.1. The van der Waals surface area contributed by atoms with Gasteiger partial charge in [0.25, 0.3) is 0 Å². The number of thioether (sulfide) groups is 1. The maximum Gasteiger partial charge on any atom is 0.326 e. The zero-order chi connectivity index (χ0) is 15.0. The molecule has 0 spiro atoms. The van der Waals surface area contributed by atoms with Gasteiger partial charge in [0.1, 0.15) is 6.04 Å². The van der Waals surface area contributed by atoms with Crippen molar-refractivity contribution < 1.29 is 19.4 Å². The Balaban J connectivity index is 2.48. The summed E-state index contributed by atoms with van der Waals surface area (Å²) in [5.74, 6) is -0.274. The van der Waals surface area contributed by atoms with Crippen LogP contribution in [0, 0.1) is 0 Å². The van der Waals surface area contributed by atoms with Crippen molar-refractivity contribution in [3.63, 3.8) is 0 Å². The Bertz CT molecular complexity index is 325. The first-order valence-corrected chi connectivity index (χ1v) is 8.36. The summed E-state index contributed by atoms with van der Waals surface area (Å²) < 4.78 is 5.54. The van der Waals surface area contributed by atoms with E-state index >= 15 is 0 Å². The third-order valence-corrected chi connectivity index (χ3v) is 3.92. The lowest BCUT2D eigenvalue weighted by Crippen LogP contribution is -2.52. The Morgan fingerprint density at radius 1 is 1.55 bits per heavy atom. The summed E-state index contributed by atoms with van der Waals surface area (Å²) in [5.41, 5.74) is 0. The fourth-order valence-corrected chi connectivity index (χ4v) is 2.70. The van der Waals surface area contributed by atoms with E-state index in [1.807, 2.05) is 13.2 Å². The largest absolute Gasteiger partial charge is 0.480 e. The van der Waals surface area contributed by atoms with Crippen LogP contribution in [0.2, 0.25) is 0 Å². The fourth-order valence-electron chi connectivity index (χ4n) is 2.23. The van der Waals surface area contributed by atoms with E-state index in [2.05, 4.69) is 5.32 Å². The number of likely N-dealkylation sites (tertiary alicyclic amines) is 1. The number of carbonyl (C=O) groups is 2. The molecule has 6 nitrogen and oxygen atoms in total. The number of piperidine rings is 1. The third-order valence-electron chi connectivity index (χ3n) is 3.27. The smallest absolute Gasteiger partial charge is 0.326 e. The molecule has 2 N–H and O–H groups in total. The average molecular weight is 304 g/mol. The Morgan fingerprint density at radius 2 is 2.30 bits per heavy atom. The lowest BCUT2D eigenvalue weighted by atomic mass is 10.1. The van der Waals surface area contributed by atoms with Crippen LogP contribution in [-0.4, -0.2) is 65.9 Å². The maximum absolute atomic E-state index is 12.1. The number of nitrogens with one attached hydrogen (secondary N) is 1. The second-order valence-corrected chi connectivity index (χ2v) is 5.77. The van der Waals surface area contributed by atoms with E-state index in [-0.39, 0.29) is 12.1 Å². The summed E-state index contributed by atoms with van der Waals surface area (Å²) in [6, 6.07) is -1.12. The monoisotopic (exact) mass is 304 g/mol. The molecule has 1 unspecified atom stereocenters. The molecule has 0 aromatic rings. The van der Waals surface area contributed by atoms with Crippen LogP contribution in [0.3, 0.4) is 0 Å². The summed E-state index contributed by atoms with van der Waals surface area (Å²) >= 11 is 1.57. The second kappa shape index (κ2) is 9.07. The molecule has 0 aromatic carbocycles. The van der Waals surface area contributed by atoms with E-state index in [1.54, 1.807) is 16.7 Å². The van der Waals surface area contributed by atoms with Crippen molar-refractivity contribution >= 4 is 23.8 Å². The molecule has 1 fully saturated rings. The molecular formula is C13H24N2O4S. The van der Waals surface area contributed by atoms with Gasteiger partial charge in [0.05, 0.1) is 6.10 Å². The minimum absolute atomic E-state index is 0.0639. The lowest BCUT2D eigenvalue weighted by molar-refractivity contribution is -0.139. The van der Waals surface area contributed by atoms with Crippen LogP contribution in [0.4, 0.5) is 4.79 Å². The fraction of sp³-hybridized carbons (Fsp3) is 0.846. The first-order valence-electron chi connectivity index (χ1n) is 6.97. The maximum atomic E-state index is 12.1. The number of hydrogen-bond acceptors (Lipinski definition) is 4. The third kappa shape index (κ3) is 5.58. The van der Waals surface area contributed by atoms with Crippen LogP contribution >= 0.6 is 11.8 Å². The van der Waals surface area contributed by atoms with Crippen molar-refractivity contribution in [3.8, 4) is 0 Å². The summed E-state index contributed by atoms with van der Waals surface area (Å²) in [4.78, 5) is 24.9. The predicted molar refractivity (Wildman–Crippen MR) is 79.2 cm³/mol. The molecule has 7 heteroatoms. The minimum Gasteiger partial charge on any atom is -0.480 e. The Labute approximate surface area is 124 Å². The molecule has 0 aromatic heterocycles. The standard InChI is InChI=1S/C13H24N2O4S/c1-3-19-10-5-4-7-15(9-10)13(18)14-11(12(16)17)6-8-20-2/h10-11H,3-9H2,1-2H3,(H,14,18)(H,16,17)/t10?,11-/m0/s1. The molecule has 1 aliphatic rings. The van der Waals surface area contributed by atoms with Gasteiger partial charge < -0.3 is 20.1 Å². The van der Waals surface area contributed by atoms with E-state index in [0.29, 0.717) is 31.9 Å². The summed E-state index contributed by atoms with van der Waals surface area (Å²) in [5, 5.41) is 11.7. The molecule has 20 heavy (non-hydrogen) atoms. The van der Waals surface area contributed by atoms with Gasteiger partial charge in [0, 0.05) is 19.7 Å². The average Bonchev–Trinajstić information content (AvgIpc) is 2.43. The zero-order valence-electron chi connectivity index (χ0n) is 12.1. The highest BCUT2D eigenvalue weighted by molar-refractivity contribution is 7.98. The number of rotatable bonds is 7. The quantitative estimate of drug-likeness (QED) is 0.743. The van der Waals surface area contributed by atoms with Gasteiger partial charge in [-0.15, -0.1) is 0 Å². The summed E-state index contributed by atoms with van der Waals surface area (Å²) in [6.45, 7) is 3.76. The molecule has 0 radical (unpaired) electrons. The van der Waals surface area contributed by atoms with Crippen molar-refractivity contribution in [2.24, 2.45) is 0 Å². The van der Waals surface area contributed by atoms with Crippen LogP contribution in [-0.2, 0) is 9.53 Å². The molecule has 1 saturated heterocycles. The highest BCUT2D eigenvalue weighted by Crippen LogP contribution is 2.13. The topological polar surface area (TPSA) is 78.9 Å². The molecular weight excluding hydrogens is 280 g/mol. The SMILES string of the molecule is CCOC1CCCN(C(=O)N[C@@H](CCSC)C(=O)O)C1. The van der Waals surface area contributed by atoms with E-state index in [9.17, 15) is 9.59 Å². The number of amides is 2. The van der Waals surface area contributed by atoms with Gasteiger partial charge in [0.2, 0.25) is 0 Å². The number of nitrogens with zero attached hydrogens (tertiary/aromatic N) is 1. The van der Waals surface area contributed by atoms with Gasteiger partial charge in [0.15, 0.2) is 0 Å². The number of carboxylic acid groups (broad SMARTS) is 1. The molecule has 2 atom stereocenters. The van der Waals surface area contributed by atoms with Crippen LogP contribution in [0.15, 0.2) is 0 Å². The molecule has 0 aliphatic carbocycles. The Kier molecular flexibility index (Phi) is 7.76. The molecule has 1 rings (SSSR count). The first-order chi connectivity index (χ1) is 9.58. The minimum atomic E-state index is -0.981. The molecule has 2 amide bonds. The number of carboxylic acids is 1. The molecule has 0 bridgehead atoms. The van der Waals surface area contributed by atoms with E-state index in [0.717, 1.165) is 12.8 Å². The zero-order valence-corrected chi connectivity index (χ0v) is 12.9. The molecule has 1 heterocycles. The van der Waals surface area contributed by atoms with Crippen LogP contribution < -0.4 is 5.32 Å². The number of ether oxygens (including phenoxy) is 1. The van der Waals surface area contributed by atoms with Crippen LogP contribution in [0.5, 0.6) is 0 Å². The number of aliphatic carboxylic acids is 1. The van der Waals surface area contributed by atoms with Gasteiger partial charge >= 0.3 is 12.0 Å². The van der Waals surface area contributed by atoms with Crippen molar-refractivity contribution in [1.82, 2.24) is 10.2 Å². The molecule has 1 aliphatic heterocycles. The van der Waals surface area contributed by atoms with Crippen molar-refractivity contribution in [3.05, 3.63) is 0 Å². The number of urea groups is 1. The van der Waals surface area contributed by atoms with Gasteiger partial charge in [-0.25, -0.2) is 9.59 Å². The second-order valence-electron chi connectivity index (χ2n) is 4.79. The van der Waals surface area contributed by atoms with Crippen LogP contribution in [0.25, 0.3) is 0 Å². The normalized spacial score (nSPS) is 20.5. The molecule has 0 saturated carbocycles. The number of carbonyl (C=O) groups excluding carboxylic acids is 1. The van der Waals surface area contributed by atoms with Gasteiger partial charge in [-0.1, -0.05) is 0 Å². The van der Waals surface area contributed by atoms with Gasteiger partial charge in [-0.05, 0) is 38.2 Å². The Morgan fingerprint density at radius 3 is 2.90 bits per heavy atom. The number of hydrogen-bond donors (Lipinski definition) is 2. The summed E-state index contributed by atoms with van der Waals surface area (Å²) in [7, 11) is 0. The van der Waals surface area contributed by atoms with Crippen molar-refractivity contribution in [1.29, 1.82) is 0 Å². The van der Waals surface area contributed by atoms with Crippen molar-refractivity contribution in [2.45, 2.75) is 38.3 Å². The highest BCUT2D eigenvalue weighted by atomic mass is 32.2. The van der Waals surface area contributed by atoms with E-state index < -0.39 is 12.0 Å². The Hall–Kier alpha value is -0.950. The van der Waals surface area contributed by atoms with E-state index in [4.69, 9.17) is 9.84 Å². The highest BCUT2D eigenvalue weighted by Gasteiger charge is 2.27. The van der Waals surface area contributed by atoms with Crippen molar-refractivity contribution in [2.75, 3.05) is 31.7 Å².